The van der Waals surface area contributed by atoms with Crippen LogP contribution in [-0.4, -0.2) is 41.6 Å². The van der Waals surface area contributed by atoms with E-state index in [1.807, 2.05) is 30.5 Å². The van der Waals surface area contributed by atoms with Crippen LogP contribution in [0, 0.1) is 5.82 Å². The van der Waals surface area contributed by atoms with Crippen molar-refractivity contribution in [3.8, 4) is 5.75 Å². The molecule has 0 bridgehead atoms. The highest BCUT2D eigenvalue weighted by molar-refractivity contribution is 5.88. The monoisotopic (exact) mass is 470 g/mol. The van der Waals surface area contributed by atoms with E-state index in [-0.39, 0.29) is 11.2 Å². The molecule has 1 saturated heterocycles. The summed E-state index contributed by atoms with van der Waals surface area (Å²) < 4.78 is 20.5. The molecule has 2 aromatic heterocycles. The Labute approximate surface area is 205 Å². The molecule has 1 fully saturated rings. The average Bonchev–Trinajstić information content (AvgIpc) is 3.30. The number of hydrogen-bond acceptors (Lipinski definition) is 4. The lowest BCUT2D eigenvalue weighted by Crippen LogP contribution is -2.58. The van der Waals surface area contributed by atoms with E-state index < -0.39 is 5.54 Å². The van der Waals surface area contributed by atoms with Gasteiger partial charge in [0.15, 0.2) is 0 Å². The van der Waals surface area contributed by atoms with Crippen molar-refractivity contribution in [1.29, 1.82) is 0 Å². The van der Waals surface area contributed by atoms with Gasteiger partial charge in [-0.2, -0.15) is 0 Å². The second kappa shape index (κ2) is 8.47. The Balaban J connectivity index is 1.62. The summed E-state index contributed by atoms with van der Waals surface area (Å²) in [5, 5.41) is 4.80. The molecule has 2 N–H and O–H groups in total. The number of aromatic nitrogens is 2. The minimum absolute atomic E-state index is 0.0348. The molecule has 2 aromatic carbocycles. The van der Waals surface area contributed by atoms with E-state index in [0.29, 0.717) is 12.1 Å². The Morgan fingerprint density at radius 2 is 1.86 bits per heavy atom. The van der Waals surface area contributed by atoms with Gasteiger partial charge in [0.1, 0.15) is 17.1 Å². The Morgan fingerprint density at radius 1 is 1.06 bits per heavy atom. The third-order valence-corrected chi connectivity index (χ3v) is 8.19. The van der Waals surface area contributed by atoms with E-state index in [4.69, 9.17) is 9.72 Å². The first-order valence-corrected chi connectivity index (χ1v) is 12.4. The lowest BCUT2D eigenvalue weighted by atomic mass is 9.65. The highest BCUT2D eigenvalue weighted by Gasteiger charge is 2.52. The van der Waals surface area contributed by atoms with Gasteiger partial charge in [-0.3, -0.25) is 9.88 Å². The number of aromatic amines is 1. The van der Waals surface area contributed by atoms with Crippen molar-refractivity contribution in [3.05, 3.63) is 95.2 Å². The Kier molecular flexibility index (Phi) is 5.38. The second-order valence-electron chi connectivity index (χ2n) is 10.1. The third kappa shape index (κ3) is 3.46. The summed E-state index contributed by atoms with van der Waals surface area (Å²) in [5.74, 6) is 0.667. The first-order valence-electron chi connectivity index (χ1n) is 12.4. The molecule has 4 heterocycles. The number of nitrogens with one attached hydrogen (secondary N) is 2. The van der Waals surface area contributed by atoms with Crippen molar-refractivity contribution in [2.75, 3.05) is 26.7 Å². The van der Waals surface area contributed by atoms with Crippen molar-refractivity contribution in [1.82, 2.24) is 20.2 Å². The van der Waals surface area contributed by atoms with Crippen molar-refractivity contribution in [3.63, 3.8) is 0 Å². The molecule has 1 unspecified atom stereocenters. The zero-order chi connectivity index (χ0) is 24.0. The number of piperidine rings is 1. The molecule has 4 aromatic rings. The van der Waals surface area contributed by atoms with Crippen LogP contribution in [0.2, 0.25) is 0 Å². The zero-order valence-corrected chi connectivity index (χ0v) is 20.3. The number of methoxy groups -OCH3 is 1. The van der Waals surface area contributed by atoms with Gasteiger partial charge >= 0.3 is 0 Å². The molecular weight excluding hydrogens is 439 g/mol. The Morgan fingerprint density at radius 3 is 2.60 bits per heavy atom. The molecule has 180 valence electrons. The molecule has 0 amide bonds. The number of fused-ring (bicyclic) bond motifs is 4. The maximum atomic E-state index is 14.9. The second-order valence-corrected chi connectivity index (χ2v) is 10.1. The first-order chi connectivity index (χ1) is 17.0. The Bertz CT molecular complexity index is 1360. The van der Waals surface area contributed by atoms with E-state index in [1.54, 1.807) is 19.2 Å². The molecule has 35 heavy (non-hydrogen) atoms. The summed E-state index contributed by atoms with van der Waals surface area (Å²) in [6, 6.07) is 19.5. The molecule has 5 nitrogen and oxygen atoms in total. The smallest absolute Gasteiger partial charge is 0.127 e. The number of rotatable bonds is 4. The van der Waals surface area contributed by atoms with Crippen LogP contribution in [-0.2, 0) is 17.5 Å². The maximum Gasteiger partial charge on any atom is 0.127 e. The molecule has 0 radical (unpaired) electrons. The standard InChI is InChI=1S/C29H31FN4O/c1-28(25-9-5-6-14-32-25)27-26(22-11-10-21(35-2)17-24(22)33-27)29(12-15-31-16-13-29)19-34(28)18-20-7-3-4-8-23(20)30/h3-11,14,17,31,33H,12-13,15-16,18-19H2,1-2H3. The van der Waals surface area contributed by atoms with Crippen LogP contribution < -0.4 is 10.1 Å². The van der Waals surface area contributed by atoms with Crippen LogP contribution in [0.1, 0.15) is 42.3 Å². The molecular formula is C29H31FN4O. The summed E-state index contributed by atoms with van der Waals surface area (Å²) in [6.45, 7) is 5.51. The summed E-state index contributed by atoms with van der Waals surface area (Å²) in [7, 11) is 1.70. The van der Waals surface area contributed by atoms with Gasteiger partial charge in [0.2, 0.25) is 0 Å². The summed E-state index contributed by atoms with van der Waals surface area (Å²) >= 11 is 0. The largest absolute Gasteiger partial charge is 0.497 e. The van der Waals surface area contributed by atoms with Crippen LogP contribution in [0.3, 0.4) is 0 Å². The normalized spacial score (nSPS) is 21.8. The number of hydrogen-bond donors (Lipinski definition) is 2. The lowest BCUT2D eigenvalue weighted by molar-refractivity contribution is 0.0526. The zero-order valence-electron chi connectivity index (χ0n) is 20.3. The number of benzene rings is 2. The molecule has 6 rings (SSSR count). The molecule has 1 atom stereocenters. The van der Waals surface area contributed by atoms with Crippen molar-refractivity contribution < 1.29 is 9.13 Å². The third-order valence-electron chi connectivity index (χ3n) is 8.19. The topological polar surface area (TPSA) is 53.2 Å². The maximum absolute atomic E-state index is 14.9. The van der Waals surface area contributed by atoms with Crippen molar-refractivity contribution in [2.24, 2.45) is 0 Å². The van der Waals surface area contributed by atoms with Gasteiger partial charge < -0.3 is 15.0 Å². The SMILES string of the molecule is COc1ccc2c3c([nH]c2c1)C(C)(c1ccccn1)N(Cc1ccccc1F)CC31CCNCC1. The minimum Gasteiger partial charge on any atom is -0.497 e. The summed E-state index contributed by atoms with van der Waals surface area (Å²) in [6.07, 6.45) is 3.91. The molecule has 1 spiro atoms. The van der Waals surface area contributed by atoms with E-state index in [1.165, 1.54) is 10.9 Å². The van der Waals surface area contributed by atoms with Crippen LogP contribution in [0.25, 0.3) is 10.9 Å². The molecule has 2 aliphatic heterocycles. The number of ether oxygens (including phenoxy) is 1. The van der Waals surface area contributed by atoms with Gasteiger partial charge in [-0.1, -0.05) is 24.3 Å². The van der Waals surface area contributed by atoms with E-state index in [9.17, 15) is 4.39 Å². The van der Waals surface area contributed by atoms with Gasteiger partial charge in [-0.15, -0.1) is 0 Å². The predicted octanol–water partition coefficient (Wildman–Crippen LogP) is 5.11. The van der Waals surface area contributed by atoms with E-state index in [2.05, 4.69) is 46.4 Å². The fourth-order valence-corrected chi connectivity index (χ4v) is 6.28. The van der Waals surface area contributed by atoms with Crippen molar-refractivity contribution in [2.45, 2.75) is 37.3 Å². The number of H-pyrrole nitrogens is 1. The lowest BCUT2D eigenvalue weighted by Gasteiger charge is -2.53. The van der Waals surface area contributed by atoms with Crippen molar-refractivity contribution >= 4 is 10.9 Å². The quantitative estimate of drug-likeness (QED) is 0.435. The number of halogens is 1. The minimum atomic E-state index is -0.554. The molecule has 0 saturated carbocycles. The van der Waals surface area contributed by atoms with E-state index in [0.717, 1.165) is 55.1 Å². The number of pyridine rings is 1. The summed E-state index contributed by atoms with van der Waals surface area (Å²) in [4.78, 5) is 11.1. The van der Waals surface area contributed by atoms with Crippen LogP contribution in [0.5, 0.6) is 5.75 Å². The van der Waals surface area contributed by atoms with Gasteiger partial charge in [-0.25, -0.2) is 4.39 Å². The molecule has 6 heteroatoms. The van der Waals surface area contributed by atoms with Crippen LogP contribution in [0.4, 0.5) is 4.39 Å². The number of nitrogens with zero attached hydrogens (tertiary/aromatic N) is 2. The fraction of sp³-hybridized carbons (Fsp3) is 0.345. The van der Waals surface area contributed by atoms with Crippen LogP contribution in [0.15, 0.2) is 66.9 Å². The predicted molar refractivity (Wildman–Crippen MR) is 136 cm³/mol. The van der Waals surface area contributed by atoms with E-state index >= 15 is 0 Å². The molecule has 0 aliphatic carbocycles. The fourth-order valence-electron chi connectivity index (χ4n) is 6.28. The molecule has 2 aliphatic rings. The van der Waals surface area contributed by atoms with Gasteiger partial charge in [0.25, 0.3) is 0 Å². The highest BCUT2D eigenvalue weighted by Crippen LogP contribution is 2.52. The average molecular weight is 471 g/mol. The van der Waals surface area contributed by atoms with Gasteiger partial charge in [0.05, 0.1) is 12.8 Å². The highest BCUT2D eigenvalue weighted by atomic mass is 19.1. The Hall–Kier alpha value is -3.22. The van der Waals surface area contributed by atoms with Gasteiger partial charge in [-0.05, 0) is 68.8 Å². The van der Waals surface area contributed by atoms with Gasteiger partial charge in [0, 0.05) is 52.9 Å². The van der Waals surface area contributed by atoms with Crippen LogP contribution >= 0.6 is 0 Å². The summed E-state index contributed by atoms with van der Waals surface area (Å²) in [5.41, 5.74) is 4.69. The first kappa shape index (κ1) is 22.3.